The van der Waals surface area contributed by atoms with Crippen molar-refractivity contribution in [2.75, 3.05) is 11.9 Å². The summed E-state index contributed by atoms with van der Waals surface area (Å²) in [4.78, 5) is 15.8. The Bertz CT molecular complexity index is 1050. The molecule has 0 unspecified atom stereocenters. The van der Waals surface area contributed by atoms with Gasteiger partial charge in [-0.1, -0.05) is 6.07 Å². The Balaban J connectivity index is 2.35. The van der Waals surface area contributed by atoms with E-state index in [0.717, 1.165) is 0 Å². The summed E-state index contributed by atoms with van der Waals surface area (Å²) in [5.41, 5.74) is 2.97. The van der Waals surface area contributed by atoms with Gasteiger partial charge in [0.25, 0.3) is 0 Å². The number of nitrogens with zero attached hydrogens (tertiary/aromatic N) is 1. The van der Waals surface area contributed by atoms with Crippen molar-refractivity contribution in [2.24, 2.45) is 0 Å². The van der Waals surface area contributed by atoms with Crippen molar-refractivity contribution in [3.05, 3.63) is 53.3 Å². The number of aliphatic hydroxyl groups is 1. The summed E-state index contributed by atoms with van der Waals surface area (Å²) in [7, 11) is 0. The number of hydrogen-bond acceptors (Lipinski definition) is 5. The predicted octanol–water partition coefficient (Wildman–Crippen LogP) is 3.47. The first-order valence-electron chi connectivity index (χ1n) is 8.84. The molecule has 1 aromatic heterocycles. The van der Waals surface area contributed by atoms with Gasteiger partial charge in [-0.25, -0.2) is 9.37 Å². The zero-order valence-electron chi connectivity index (χ0n) is 15.5. The highest BCUT2D eigenvalue weighted by atomic mass is 19.1. The van der Waals surface area contributed by atoms with E-state index in [1.54, 1.807) is 25.1 Å². The zero-order chi connectivity index (χ0) is 20.4. The molecule has 0 radical (unpaired) electrons. The maximum absolute atomic E-state index is 13.8. The van der Waals surface area contributed by atoms with Crippen LogP contribution in [0, 0.1) is 12.7 Å². The van der Waals surface area contributed by atoms with E-state index in [0.29, 0.717) is 39.0 Å². The maximum Gasteiger partial charge on any atom is 0.325 e. The highest BCUT2D eigenvalue weighted by molar-refractivity contribution is 5.99. The molecular weight excluding hydrogens is 363 g/mol. The van der Waals surface area contributed by atoms with E-state index < -0.39 is 12.0 Å². The fourth-order valence-corrected chi connectivity index (χ4v) is 3.16. The van der Waals surface area contributed by atoms with E-state index in [1.165, 1.54) is 25.1 Å². The summed E-state index contributed by atoms with van der Waals surface area (Å²) in [6, 6.07) is 8.50. The summed E-state index contributed by atoms with van der Waals surface area (Å²) in [6.07, 6.45) is 0.226. The second kappa shape index (κ2) is 7.82. The summed E-state index contributed by atoms with van der Waals surface area (Å²) in [5, 5.41) is 32.3. The molecule has 6 nitrogen and oxygen atoms in total. The lowest BCUT2D eigenvalue weighted by Crippen LogP contribution is -2.27. The number of carboxylic acids is 1. The van der Waals surface area contributed by atoms with Crippen LogP contribution in [0.1, 0.15) is 18.1 Å². The number of aryl methyl sites for hydroxylation is 1. The standard InChI is InChI=1S/C21H21FN2O4/c1-11-9-13(3-6-17(11)22)19-15-5-4-14(26)10-18(15)24-20(16(19)7-8-25)23-12(2)21(27)28/h3-6,9-10,12,25-26H,7-8H2,1-2H3,(H,23,24)(H,27,28)/t12-/m0/s1. The third-order valence-electron chi connectivity index (χ3n) is 4.60. The number of aliphatic hydroxyl groups excluding tert-OH is 1. The molecule has 0 spiro atoms. The van der Waals surface area contributed by atoms with Crippen LogP contribution in [0.4, 0.5) is 10.2 Å². The molecule has 3 aromatic rings. The largest absolute Gasteiger partial charge is 0.508 e. The molecule has 146 valence electrons. The van der Waals surface area contributed by atoms with E-state index >= 15 is 0 Å². The summed E-state index contributed by atoms with van der Waals surface area (Å²) < 4.78 is 13.8. The van der Waals surface area contributed by atoms with Gasteiger partial charge in [0.1, 0.15) is 23.4 Å². The number of hydrogen-bond donors (Lipinski definition) is 4. The van der Waals surface area contributed by atoms with Gasteiger partial charge in [-0.2, -0.15) is 0 Å². The Kier molecular flexibility index (Phi) is 5.46. The second-order valence-electron chi connectivity index (χ2n) is 6.66. The van der Waals surface area contributed by atoms with Gasteiger partial charge in [-0.3, -0.25) is 4.79 Å². The van der Waals surface area contributed by atoms with Crippen LogP contribution in [0.3, 0.4) is 0 Å². The number of halogens is 1. The third-order valence-corrected chi connectivity index (χ3v) is 4.60. The smallest absolute Gasteiger partial charge is 0.325 e. The first-order valence-corrected chi connectivity index (χ1v) is 8.84. The van der Waals surface area contributed by atoms with Crippen molar-refractivity contribution < 1.29 is 24.5 Å². The number of phenolic OH excluding ortho intramolecular Hbond substituents is 1. The number of benzene rings is 2. The van der Waals surface area contributed by atoms with Gasteiger partial charge < -0.3 is 20.6 Å². The summed E-state index contributed by atoms with van der Waals surface area (Å²) >= 11 is 0. The lowest BCUT2D eigenvalue weighted by Gasteiger charge is -2.20. The molecule has 0 aliphatic heterocycles. The molecule has 0 fully saturated rings. The Hall–Kier alpha value is -3.19. The average Bonchev–Trinajstić information content (AvgIpc) is 2.64. The summed E-state index contributed by atoms with van der Waals surface area (Å²) in [5.74, 6) is -1.05. The van der Waals surface area contributed by atoms with Crippen LogP contribution >= 0.6 is 0 Å². The molecule has 0 saturated heterocycles. The molecule has 0 aliphatic carbocycles. The minimum atomic E-state index is -1.05. The number of fused-ring (bicyclic) bond motifs is 1. The van der Waals surface area contributed by atoms with Crippen molar-refractivity contribution in [1.82, 2.24) is 4.98 Å². The number of nitrogens with one attached hydrogen (secondary N) is 1. The average molecular weight is 384 g/mol. The molecule has 28 heavy (non-hydrogen) atoms. The number of anilines is 1. The fraction of sp³-hybridized carbons (Fsp3) is 0.238. The monoisotopic (exact) mass is 384 g/mol. The van der Waals surface area contributed by atoms with Crippen LogP contribution in [-0.2, 0) is 11.2 Å². The van der Waals surface area contributed by atoms with Crippen molar-refractivity contribution in [2.45, 2.75) is 26.3 Å². The van der Waals surface area contributed by atoms with Crippen LogP contribution < -0.4 is 5.32 Å². The molecular formula is C21H21FN2O4. The molecule has 1 atom stereocenters. The van der Waals surface area contributed by atoms with Crippen LogP contribution in [0.25, 0.3) is 22.0 Å². The molecule has 0 aliphatic rings. The maximum atomic E-state index is 13.8. The first-order chi connectivity index (χ1) is 13.3. The molecule has 2 aromatic carbocycles. The number of carboxylic acid groups (broad SMARTS) is 1. The lowest BCUT2D eigenvalue weighted by atomic mass is 9.93. The van der Waals surface area contributed by atoms with Gasteiger partial charge in [0.05, 0.1) is 5.52 Å². The lowest BCUT2D eigenvalue weighted by molar-refractivity contribution is -0.137. The molecule has 3 rings (SSSR count). The molecule has 1 heterocycles. The normalized spacial score (nSPS) is 12.1. The van der Waals surface area contributed by atoms with Gasteiger partial charge in [0, 0.05) is 23.6 Å². The van der Waals surface area contributed by atoms with Gasteiger partial charge in [0.2, 0.25) is 0 Å². The molecule has 0 amide bonds. The topological polar surface area (TPSA) is 103 Å². The summed E-state index contributed by atoms with van der Waals surface area (Å²) in [6.45, 7) is 2.97. The fourth-order valence-electron chi connectivity index (χ4n) is 3.16. The zero-order valence-corrected chi connectivity index (χ0v) is 15.5. The van der Waals surface area contributed by atoms with Crippen LogP contribution in [0.2, 0.25) is 0 Å². The predicted molar refractivity (Wildman–Crippen MR) is 105 cm³/mol. The minimum Gasteiger partial charge on any atom is -0.508 e. The molecule has 7 heteroatoms. The molecule has 0 saturated carbocycles. The van der Waals surface area contributed by atoms with E-state index in [1.807, 2.05) is 0 Å². The van der Waals surface area contributed by atoms with Crippen LogP contribution in [-0.4, -0.2) is 38.9 Å². The molecule has 4 N–H and O–H groups in total. The van der Waals surface area contributed by atoms with E-state index in [9.17, 15) is 24.5 Å². The first kappa shape index (κ1) is 19.6. The number of aromatic hydroxyl groups is 1. The van der Waals surface area contributed by atoms with Gasteiger partial charge in [0.15, 0.2) is 0 Å². The number of aliphatic carboxylic acids is 1. The van der Waals surface area contributed by atoms with Gasteiger partial charge in [-0.05, 0) is 61.2 Å². The number of pyridine rings is 1. The Morgan fingerprint density at radius 3 is 2.64 bits per heavy atom. The van der Waals surface area contributed by atoms with Crippen molar-refractivity contribution >= 4 is 22.7 Å². The van der Waals surface area contributed by atoms with Crippen LogP contribution in [0.15, 0.2) is 36.4 Å². The second-order valence-corrected chi connectivity index (χ2v) is 6.66. The third kappa shape index (κ3) is 3.75. The van der Waals surface area contributed by atoms with Gasteiger partial charge in [-0.15, -0.1) is 0 Å². The number of rotatable bonds is 6. The van der Waals surface area contributed by atoms with E-state index in [-0.39, 0.29) is 24.6 Å². The highest BCUT2D eigenvalue weighted by Gasteiger charge is 2.20. The minimum absolute atomic E-state index is 0.0216. The van der Waals surface area contributed by atoms with Gasteiger partial charge >= 0.3 is 5.97 Å². The number of phenols is 1. The van der Waals surface area contributed by atoms with Crippen molar-refractivity contribution in [1.29, 1.82) is 0 Å². The number of aromatic nitrogens is 1. The SMILES string of the molecule is Cc1cc(-c2c(CCO)c(N[C@@H](C)C(=O)O)nc3cc(O)ccc23)ccc1F. The van der Waals surface area contributed by atoms with E-state index in [4.69, 9.17) is 0 Å². The quantitative estimate of drug-likeness (QED) is 0.519. The Morgan fingerprint density at radius 1 is 1.25 bits per heavy atom. The van der Waals surface area contributed by atoms with Crippen molar-refractivity contribution in [3.8, 4) is 16.9 Å². The van der Waals surface area contributed by atoms with Crippen molar-refractivity contribution in [3.63, 3.8) is 0 Å². The Morgan fingerprint density at radius 2 is 2.00 bits per heavy atom. The highest BCUT2D eigenvalue weighted by Crippen LogP contribution is 2.37. The van der Waals surface area contributed by atoms with Crippen LogP contribution in [0.5, 0.6) is 5.75 Å². The number of carbonyl (C=O) groups is 1. The van der Waals surface area contributed by atoms with E-state index in [2.05, 4.69) is 10.3 Å². The molecule has 0 bridgehead atoms. The Labute approximate surface area is 161 Å².